The van der Waals surface area contributed by atoms with Crippen molar-refractivity contribution in [2.24, 2.45) is 4.99 Å². The second kappa shape index (κ2) is 13.3. The zero-order valence-corrected chi connectivity index (χ0v) is 20.7. The number of guanidine groups is 1. The third kappa shape index (κ3) is 8.78. The van der Waals surface area contributed by atoms with E-state index >= 15 is 0 Å². The highest BCUT2D eigenvalue weighted by Crippen LogP contribution is 2.29. The molecule has 0 unspecified atom stereocenters. The first-order valence-corrected chi connectivity index (χ1v) is 11.3. The van der Waals surface area contributed by atoms with Crippen LogP contribution in [0.5, 0.6) is 11.5 Å². The maximum absolute atomic E-state index is 12.3. The van der Waals surface area contributed by atoms with Gasteiger partial charge in [-0.25, -0.2) is 8.42 Å². The minimum atomic E-state index is -3.16. The van der Waals surface area contributed by atoms with E-state index in [9.17, 15) is 8.42 Å². The van der Waals surface area contributed by atoms with Crippen LogP contribution in [0.25, 0.3) is 0 Å². The Labute approximate surface area is 196 Å². The Hall–Kier alpha value is -2.01. The van der Waals surface area contributed by atoms with Crippen molar-refractivity contribution in [3.8, 4) is 11.5 Å². The molecule has 0 aliphatic rings. The molecule has 0 bridgehead atoms. The highest BCUT2D eigenvalue weighted by atomic mass is 127. The smallest absolute Gasteiger partial charge is 0.195 e. The summed E-state index contributed by atoms with van der Waals surface area (Å²) in [7, 11) is 0.00486. The van der Waals surface area contributed by atoms with E-state index in [2.05, 4.69) is 15.6 Å². The molecule has 0 heterocycles. The molecule has 0 aromatic heterocycles. The summed E-state index contributed by atoms with van der Waals surface area (Å²) in [6.45, 7) is 3.05. The van der Waals surface area contributed by atoms with Crippen molar-refractivity contribution >= 4 is 45.5 Å². The van der Waals surface area contributed by atoms with E-state index in [-0.39, 0.29) is 35.5 Å². The number of aliphatic imine (C=N–C) groups is 1. The molecule has 0 radical (unpaired) electrons. The molecule has 30 heavy (non-hydrogen) atoms. The highest BCUT2D eigenvalue weighted by molar-refractivity contribution is 14.0. The van der Waals surface area contributed by atoms with Crippen LogP contribution < -0.4 is 20.1 Å². The lowest BCUT2D eigenvalue weighted by molar-refractivity contribution is 0.355. The molecule has 0 saturated carbocycles. The van der Waals surface area contributed by atoms with Gasteiger partial charge in [-0.15, -0.1) is 24.0 Å². The van der Waals surface area contributed by atoms with Crippen LogP contribution in [-0.2, 0) is 15.6 Å². The quantitative estimate of drug-likeness (QED) is 0.204. The van der Waals surface area contributed by atoms with E-state index in [0.29, 0.717) is 37.0 Å². The van der Waals surface area contributed by atoms with Gasteiger partial charge in [-0.2, -0.15) is 0 Å². The van der Waals surface area contributed by atoms with Crippen molar-refractivity contribution in [2.45, 2.75) is 19.1 Å². The number of nitrogens with one attached hydrogen (secondary N) is 2. The Bertz CT molecular complexity index is 906. The number of ether oxygens (including phenoxy) is 2. The summed E-state index contributed by atoms with van der Waals surface area (Å²) in [6, 6.07) is 14.7. The number of nitrogens with zero attached hydrogens (tertiary/aromatic N) is 1. The standard InChI is InChI=1S/C21H29N3O4S.HI/c1-4-22-21(24-18-11-12-19(27-2)20(15-18)28-3)23-13-8-14-29(25,26)16-17-9-6-5-7-10-17;/h5-7,9-12,15H,4,8,13-14,16H2,1-3H3,(H2,22,23,24);1H. The van der Waals surface area contributed by atoms with Gasteiger partial charge in [-0.1, -0.05) is 30.3 Å². The average molecular weight is 547 g/mol. The molecule has 9 heteroatoms. The minimum absolute atomic E-state index is 0. The number of benzene rings is 2. The van der Waals surface area contributed by atoms with Gasteiger partial charge in [0, 0.05) is 24.8 Å². The van der Waals surface area contributed by atoms with Crippen LogP contribution in [0, 0.1) is 0 Å². The highest BCUT2D eigenvalue weighted by Gasteiger charge is 2.11. The van der Waals surface area contributed by atoms with E-state index in [1.807, 2.05) is 49.4 Å². The molecule has 166 valence electrons. The second-order valence-electron chi connectivity index (χ2n) is 6.39. The summed E-state index contributed by atoms with van der Waals surface area (Å²) in [4.78, 5) is 4.47. The van der Waals surface area contributed by atoms with Gasteiger partial charge < -0.3 is 20.1 Å². The van der Waals surface area contributed by atoms with Crippen LogP contribution in [0.3, 0.4) is 0 Å². The zero-order valence-electron chi connectivity index (χ0n) is 17.6. The van der Waals surface area contributed by atoms with Gasteiger partial charge in [0.25, 0.3) is 0 Å². The fourth-order valence-electron chi connectivity index (χ4n) is 2.73. The van der Waals surface area contributed by atoms with Gasteiger partial charge in [0.2, 0.25) is 0 Å². The summed E-state index contributed by atoms with van der Waals surface area (Å²) in [5, 5.41) is 6.35. The molecule has 2 N–H and O–H groups in total. The van der Waals surface area contributed by atoms with E-state index in [1.54, 1.807) is 20.3 Å². The summed E-state index contributed by atoms with van der Waals surface area (Å²) in [5.74, 6) is 1.99. The lowest BCUT2D eigenvalue weighted by Crippen LogP contribution is -2.30. The lowest BCUT2D eigenvalue weighted by Gasteiger charge is -2.14. The molecule has 2 aromatic carbocycles. The third-order valence-corrected chi connectivity index (χ3v) is 5.79. The Morgan fingerprint density at radius 3 is 2.37 bits per heavy atom. The van der Waals surface area contributed by atoms with E-state index < -0.39 is 9.84 Å². The van der Waals surface area contributed by atoms with Crippen molar-refractivity contribution in [2.75, 3.05) is 38.4 Å². The van der Waals surface area contributed by atoms with Gasteiger partial charge in [0.15, 0.2) is 27.3 Å². The van der Waals surface area contributed by atoms with E-state index in [4.69, 9.17) is 9.47 Å². The van der Waals surface area contributed by atoms with Gasteiger partial charge >= 0.3 is 0 Å². The first kappa shape index (κ1) is 26.0. The van der Waals surface area contributed by atoms with Crippen LogP contribution in [-0.4, -0.2) is 47.4 Å². The topological polar surface area (TPSA) is 89.0 Å². The van der Waals surface area contributed by atoms with E-state index in [1.165, 1.54) is 0 Å². The molecular formula is C21H30IN3O4S. The Morgan fingerprint density at radius 1 is 1.03 bits per heavy atom. The molecule has 2 aromatic rings. The molecule has 0 spiro atoms. The predicted octanol–water partition coefficient (Wildman–Crippen LogP) is 3.70. The fourth-order valence-corrected chi connectivity index (χ4v) is 4.15. The van der Waals surface area contributed by atoms with Gasteiger partial charge in [0.05, 0.1) is 25.7 Å². The molecule has 0 atom stereocenters. The number of sulfone groups is 1. The van der Waals surface area contributed by atoms with E-state index in [0.717, 1.165) is 11.3 Å². The molecule has 0 aliphatic heterocycles. The monoisotopic (exact) mass is 547 g/mol. The third-order valence-electron chi connectivity index (χ3n) is 4.10. The number of rotatable bonds is 10. The molecule has 0 amide bonds. The largest absolute Gasteiger partial charge is 0.493 e. The maximum atomic E-state index is 12.3. The molecular weight excluding hydrogens is 517 g/mol. The van der Waals surface area contributed by atoms with Gasteiger partial charge in [-0.3, -0.25) is 4.99 Å². The van der Waals surface area contributed by atoms with Crippen LogP contribution in [0.2, 0.25) is 0 Å². The fraction of sp³-hybridized carbons (Fsp3) is 0.381. The summed E-state index contributed by atoms with van der Waals surface area (Å²) >= 11 is 0. The minimum Gasteiger partial charge on any atom is -0.493 e. The normalized spacial score (nSPS) is 11.4. The SMILES string of the molecule is CCNC(=NCCCS(=O)(=O)Cc1ccccc1)Nc1ccc(OC)c(OC)c1.I. The van der Waals surface area contributed by atoms with Crippen molar-refractivity contribution in [3.05, 3.63) is 54.1 Å². The summed E-state index contributed by atoms with van der Waals surface area (Å²) in [5.41, 5.74) is 1.60. The number of anilines is 1. The lowest BCUT2D eigenvalue weighted by atomic mass is 10.2. The van der Waals surface area contributed by atoms with Crippen molar-refractivity contribution in [1.29, 1.82) is 0 Å². The predicted molar refractivity (Wildman–Crippen MR) is 133 cm³/mol. The molecule has 2 rings (SSSR count). The van der Waals surface area contributed by atoms with Crippen LogP contribution in [0.4, 0.5) is 5.69 Å². The molecule has 0 fully saturated rings. The second-order valence-corrected chi connectivity index (χ2v) is 8.57. The van der Waals surface area contributed by atoms with Gasteiger partial charge in [-0.05, 0) is 31.0 Å². The molecule has 0 saturated heterocycles. The Morgan fingerprint density at radius 2 is 1.73 bits per heavy atom. The molecule has 7 nitrogen and oxygen atoms in total. The zero-order chi connectivity index (χ0) is 21.1. The van der Waals surface area contributed by atoms with Crippen molar-refractivity contribution in [1.82, 2.24) is 5.32 Å². The van der Waals surface area contributed by atoms with Crippen molar-refractivity contribution in [3.63, 3.8) is 0 Å². The Balaban J connectivity index is 0.00000450. The first-order chi connectivity index (χ1) is 14.0. The van der Waals surface area contributed by atoms with Crippen LogP contribution in [0.1, 0.15) is 18.9 Å². The number of halogens is 1. The maximum Gasteiger partial charge on any atom is 0.195 e. The van der Waals surface area contributed by atoms with Crippen molar-refractivity contribution < 1.29 is 17.9 Å². The van der Waals surface area contributed by atoms with Crippen LogP contribution >= 0.6 is 24.0 Å². The van der Waals surface area contributed by atoms with Gasteiger partial charge in [0.1, 0.15) is 0 Å². The number of methoxy groups -OCH3 is 2. The Kier molecular flexibility index (Phi) is 11.6. The summed E-state index contributed by atoms with van der Waals surface area (Å²) < 4.78 is 35.1. The number of hydrogen-bond acceptors (Lipinski definition) is 5. The average Bonchev–Trinajstić information content (AvgIpc) is 2.71. The number of hydrogen-bond donors (Lipinski definition) is 2. The molecule has 0 aliphatic carbocycles. The summed E-state index contributed by atoms with van der Waals surface area (Å²) in [6.07, 6.45) is 0.456. The first-order valence-electron chi connectivity index (χ1n) is 9.49. The van der Waals surface area contributed by atoms with Crippen LogP contribution in [0.15, 0.2) is 53.5 Å².